The molecule has 1 N–H and O–H groups in total. The highest BCUT2D eigenvalue weighted by atomic mass is 32.1. The summed E-state index contributed by atoms with van der Waals surface area (Å²) in [5.74, 6) is 0.00667. The van der Waals surface area contributed by atoms with E-state index >= 15 is 0 Å². The van der Waals surface area contributed by atoms with Crippen LogP contribution in [-0.4, -0.2) is 29.4 Å². The van der Waals surface area contributed by atoms with E-state index < -0.39 is 0 Å². The molecule has 0 fully saturated rings. The number of aromatic nitrogens is 1. The summed E-state index contributed by atoms with van der Waals surface area (Å²) in [6, 6.07) is 7.59. The Hall–Kier alpha value is -1.88. The van der Waals surface area contributed by atoms with Crippen LogP contribution < -0.4 is 5.32 Å². The van der Waals surface area contributed by atoms with E-state index in [1.54, 1.807) is 23.3 Å². The van der Waals surface area contributed by atoms with Gasteiger partial charge in [0.25, 0.3) is 5.91 Å². The van der Waals surface area contributed by atoms with E-state index in [0.29, 0.717) is 12.1 Å². The Kier molecular flexibility index (Phi) is 4.74. The molecule has 5 heteroatoms. The summed E-state index contributed by atoms with van der Waals surface area (Å²) in [7, 11) is 1.81. The van der Waals surface area contributed by atoms with Gasteiger partial charge in [0, 0.05) is 24.7 Å². The molecule has 0 spiro atoms. The normalized spacial score (nSPS) is 10.3. The topological polar surface area (TPSA) is 45.2 Å². The molecule has 0 radical (unpaired) electrons. The van der Waals surface area contributed by atoms with E-state index in [9.17, 15) is 4.79 Å². The third-order valence-corrected chi connectivity index (χ3v) is 3.76. The Bertz CT molecular complexity index is 594. The molecule has 0 unspecified atom stereocenters. The number of carbonyl (C=O) groups is 1. The molecule has 0 aliphatic rings. The Balaban J connectivity index is 2.14. The number of amides is 1. The van der Waals surface area contributed by atoms with Crippen molar-refractivity contribution in [1.82, 2.24) is 9.88 Å². The molecular weight excluding hydrogens is 270 g/mol. The molecule has 20 heavy (non-hydrogen) atoms. The third kappa shape index (κ3) is 3.36. The van der Waals surface area contributed by atoms with Gasteiger partial charge in [-0.05, 0) is 26.0 Å². The van der Waals surface area contributed by atoms with Crippen LogP contribution in [0.15, 0.2) is 29.6 Å². The SMILES string of the molecule is CCNc1ccccc1C(=O)N(C)Cc1csc(C)n1. The smallest absolute Gasteiger partial charge is 0.256 e. The maximum absolute atomic E-state index is 12.5. The second kappa shape index (κ2) is 6.52. The van der Waals surface area contributed by atoms with Crippen LogP contribution in [0.1, 0.15) is 28.0 Å². The van der Waals surface area contributed by atoms with Gasteiger partial charge in [-0.15, -0.1) is 11.3 Å². The van der Waals surface area contributed by atoms with E-state index in [-0.39, 0.29) is 5.91 Å². The molecule has 0 bridgehead atoms. The number of para-hydroxylation sites is 1. The van der Waals surface area contributed by atoms with Gasteiger partial charge in [-0.3, -0.25) is 4.79 Å². The van der Waals surface area contributed by atoms with E-state index in [4.69, 9.17) is 0 Å². The second-order valence-corrected chi connectivity index (χ2v) is 5.66. The first-order valence-electron chi connectivity index (χ1n) is 6.61. The molecule has 0 saturated heterocycles. The fourth-order valence-electron chi connectivity index (χ4n) is 2.02. The van der Waals surface area contributed by atoms with Crippen molar-refractivity contribution in [2.24, 2.45) is 0 Å². The van der Waals surface area contributed by atoms with Gasteiger partial charge in [-0.1, -0.05) is 12.1 Å². The molecule has 0 atom stereocenters. The Labute approximate surface area is 123 Å². The zero-order valence-corrected chi connectivity index (χ0v) is 12.8. The van der Waals surface area contributed by atoms with E-state index in [1.807, 2.05) is 43.5 Å². The Morgan fingerprint density at radius 2 is 2.15 bits per heavy atom. The molecule has 1 amide bonds. The molecule has 4 nitrogen and oxygen atoms in total. The van der Waals surface area contributed by atoms with Crippen molar-refractivity contribution in [3.8, 4) is 0 Å². The minimum atomic E-state index is 0.00667. The van der Waals surface area contributed by atoms with Crippen LogP contribution in [0.4, 0.5) is 5.69 Å². The van der Waals surface area contributed by atoms with Crippen LogP contribution in [-0.2, 0) is 6.54 Å². The second-order valence-electron chi connectivity index (χ2n) is 4.59. The van der Waals surface area contributed by atoms with Gasteiger partial charge in [-0.2, -0.15) is 0 Å². The van der Waals surface area contributed by atoms with Crippen molar-refractivity contribution in [1.29, 1.82) is 0 Å². The van der Waals surface area contributed by atoms with Crippen LogP contribution in [0.5, 0.6) is 0 Å². The summed E-state index contributed by atoms with van der Waals surface area (Å²) in [6.45, 7) is 5.31. The van der Waals surface area contributed by atoms with E-state index in [0.717, 1.165) is 22.9 Å². The monoisotopic (exact) mass is 289 g/mol. The van der Waals surface area contributed by atoms with Gasteiger partial charge in [0.15, 0.2) is 0 Å². The Morgan fingerprint density at radius 1 is 1.40 bits per heavy atom. The summed E-state index contributed by atoms with van der Waals surface area (Å²) >= 11 is 1.60. The van der Waals surface area contributed by atoms with E-state index in [1.165, 1.54) is 0 Å². The average molecular weight is 289 g/mol. The van der Waals surface area contributed by atoms with Gasteiger partial charge in [0.1, 0.15) is 0 Å². The van der Waals surface area contributed by atoms with Crippen molar-refractivity contribution in [3.05, 3.63) is 45.9 Å². The molecule has 0 saturated carbocycles. The first-order chi connectivity index (χ1) is 9.61. The number of nitrogens with one attached hydrogen (secondary N) is 1. The number of hydrogen-bond acceptors (Lipinski definition) is 4. The summed E-state index contributed by atoms with van der Waals surface area (Å²) in [5.41, 5.74) is 2.51. The zero-order valence-electron chi connectivity index (χ0n) is 12.0. The fourth-order valence-corrected chi connectivity index (χ4v) is 2.62. The molecule has 2 aromatic rings. The third-order valence-electron chi connectivity index (χ3n) is 2.94. The molecule has 1 aromatic carbocycles. The van der Waals surface area contributed by atoms with Crippen LogP contribution >= 0.6 is 11.3 Å². The maximum Gasteiger partial charge on any atom is 0.256 e. The number of nitrogens with zero attached hydrogens (tertiary/aromatic N) is 2. The number of benzene rings is 1. The zero-order chi connectivity index (χ0) is 14.5. The van der Waals surface area contributed by atoms with Gasteiger partial charge < -0.3 is 10.2 Å². The average Bonchev–Trinajstić information content (AvgIpc) is 2.84. The van der Waals surface area contributed by atoms with E-state index in [2.05, 4.69) is 10.3 Å². The summed E-state index contributed by atoms with van der Waals surface area (Å²) < 4.78 is 0. The fraction of sp³-hybridized carbons (Fsp3) is 0.333. The summed E-state index contributed by atoms with van der Waals surface area (Å²) in [4.78, 5) is 18.6. The quantitative estimate of drug-likeness (QED) is 0.919. The predicted octanol–water partition coefficient (Wildman–Crippen LogP) is 3.16. The predicted molar refractivity (Wildman–Crippen MR) is 83.3 cm³/mol. The Morgan fingerprint density at radius 3 is 2.80 bits per heavy atom. The molecule has 0 aliphatic heterocycles. The highest BCUT2D eigenvalue weighted by molar-refractivity contribution is 7.09. The standard InChI is InChI=1S/C15H19N3OS/c1-4-16-14-8-6-5-7-13(14)15(19)18(3)9-12-10-20-11(2)17-12/h5-8,10,16H,4,9H2,1-3H3. The molecule has 2 rings (SSSR count). The van der Waals surface area contributed by atoms with Gasteiger partial charge in [-0.25, -0.2) is 4.98 Å². The van der Waals surface area contributed by atoms with Crippen molar-refractivity contribution in [3.63, 3.8) is 0 Å². The lowest BCUT2D eigenvalue weighted by Crippen LogP contribution is -2.27. The first kappa shape index (κ1) is 14.5. The minimum Gasteiger partial charge on any atom is -0.385 e. The van der Waals surface area contributed by atoms with Gasteiger partial charge in [0.2, 0.25) is 0 Å². The van der Waals surface area contributed by atoms with Crippen molar-refractivity contribution >= 4 is 22.9 Å². The van der Waals surface area contributed by atoms with Gasteiger partial charge >= 0.3 is 0 Å². The number of aryl methyl sites for hydroxylation is 1. The minimum absolute atomic E-state index is 0.00667. The maximum atomic E-state index is 12.5. The van der Waals surface area contributed by atoms with Crippen molar-refractivity contribution < 1.29 is 4.79 Å². The highest BCUT2D eigenvalue weighted by Gasteiger charge is 2.16. The molecular formula is C15H19N3OS. The molecule has 1 aromatic heterocycles. The first-order valence-corrected chi connectivity index (χ1v) is 7.49. The number of thiazole rings is 1. The van der Waals surface area contributed by atoms with Crippen LogP contribution in [0.3, 0.4) is 0 Å². The molecule has 0 aliphatic carbocycles. The lowest BCUT2D eigenvalue weighted by molar-refractivity contribution is 0.0784. The lowest BCUT2D eigenvalue weighted by atomic mass is 10.1. The van der Waals surface area contributed by atoms with Gasteiger partial charge in [0.05, 0.1) is 22.8 Å². The lowest BCUT2D eigenvalue weighted by Gasteiger charge is -2.18. The number of carbonyl (C=O) groups excluding carboxylic acids is 1. The largest absolute Gasteiger partial charge is 0.385 e. The number of rotatable bonds is 5. The van der Waals surface area contributed by atoms with Crippen molar-refractivity contribution in [2.45, 2.75) is 20.4 Å². The van der Waals surface area contributed by atoms with Crippen LogP contribution in [0.2, 0.25) is 0 Å². The van der Waals surface area contributed by atoms with Crippen LogP contribution in [0, 0.1) is 6.92 Å². The van der Waals surface area contributed by atoms with Crippen molar-refractivity contribution in [2.75, 3.05) is 18.9 Å². The summed E-state index contributed by atoms with van der Waals surface area (Å²) in [6.07, 6.45) is 0. The highest BCUT2D eigenvalue weighted by Crippen LogP contribution is 2.18. The van der Waals surface area contributed by atoms with Crippen LogP contribution in [0.25, 0.3) is 0 Å². The molecule has 106 valence electrons. The number of hydrogen-bond donors (Lipinski definition) is 1. The number of anilines is 1. The summed E-state index contributed by atoms with van der Waals surface area (Å²) in [5, 5.41) is 6.24. The molecule has 1 heterocycles.